The first-order valence-electron chi connectivity index (χ1n) is 11.1. The molecule has 3 rings (SSSR count). The van der Waals surface area contributed by atoms with Gasteiger partial charge in [0.15, 0.2) is 5.76 Å². The highest BCUT2D eigenvalue weighted by Crippen LogP contribution is 2.40. The van der Waals surface area contributed by atoms with Crippen LogP contribution in [-0.2, 0) is 14.3 Å². The van der Waals surface area contributed by atoms with Crippen LogP contribution in [0.4, 0.5) is 0 Å². The van der Waals surface area contributed by atoms with Crippen molar-refractivity contribution in [3.63, 3.8) is 0 Å². The first kappa shape index (κ1) is 21.8. The number of carbonyl (C=O) groups is 1. The van der Waals surface area contributed by atoms with Gasteiger partial charge in [-0.1, -0.05) is 49.6 Å². The van der Waals surface area contributed by atoms with Crippen molar-refractivity contribution < 1.29 is 19.4 Å². The van der Waals surface area contributed by atoms with Crippen LogP contribution in [0.15, 0.2) is 42.2 Å². The molecule has 5 nitrogen and oxygen atoms in total. The molecule has 1 heterocycles. The highest BCUT2D eigenvalue weighted by molar-refractivity contribution is 5.91. The third kappa shape index (κ3) is 5.40. The summed E-state index contributed by atoms with van der Waals surface area (Å²) in [6.45, 7) is 2.59. The lowest BCUT2D eigenvalue weighted by atomic mass is 9.80. The summed E-state index contributed by atoms with van der Waals surface area (Å²) in [7, 11) is 1.90. The van der Waals surface area contributed by atoms with Crippen molar-refractivity contribution in [3.8, 4) is 0 Å². The van der Waals surface area contributed by atoms with E-state index in [0.29, 0.717) is 18.8 Å². The number of hydrogen-bond acceptors (Lipinski definition) is 4. The third-order valence-corrected chi connectivity index (χ3v) is 6.25. The maximum Gasteiger partial charge on any atom is 0.288 e. The molecule has 29 heavy (non-hydrogen) atoms. The molecule has 0 unspecified atom stereocenters. The zero-order chi connectivity index (χ0) is 20.6. The Labute approximate surface area is 174 Å². The van der Waals surface area contributed by atoms with Crippen molar-refractivity contribution in [1.29, 1.82) is 0 Å². The van der Waals surface area contributed by atoms with Gasteiger partial charge >= 0.3 is 0 Å². The minimum absolute atomic E-state index is 0.0201. The number of aliphatic hydroxyl groups is 1. The Bertz CT molecular complexity index is 669. The van der Waals surface area contributed by atoms with E-state index < -0.39 is 6.29 Å². The molecule has 1 N–H and O–H groups in total. The van der Waals surface area contributed by atoms with Gasteiger partial charge in [0, 0.05) is 38.1 Å². The van der Waals surface area contributed by atoms with Crippen molar-refractivity contribution in [2.24, 2.45) is 5.92 Å². The Morgan fingerprint density at radius 1 is 1.21 bits per heavy atom. The molecule has 0 bridgehead atoms. The average molecular weight is 402 g/mol. The highest BCUT2D eigenvalue weighted by Gasteiger charge is 2.39. The number of hydrogen-bond donors (Lipinski definition) is 1. The first-order chi connectivity index (χ1) is 14.2. The quantitative estimate of drug-likeness (QED) is 0.708. The van der Waals surface area contributed by atoms with Crippen LogP contribution in [0.1, 0.15) is 63.4 Å². The number of rotatable bonds is 8. The number of allylic oxidation sites excluding steroid dienone is 1. The van der Waals surface area contributed by atoms with E-state index >= 15 is 0 Å². The second-order valence-electron chi connectivity index (χ2n) is 8.15. The summed E-state index contributed by atoms with van der Waals surface area (Å²) in [5.41, 5.74) is 1.15. The summed E-state index contributed by atoms with van der Waals surface area (Å²) in [4.78, 5) is 15.1. The van der Waals surface area contributed by atoms with Gasteiger partial charge in [-0.25, -0.2) is 0 Å². The molecule has 0 spiro atoms. The van der Waals surface area contributed by atoms with Crippen LogP contribution in [0.3, 0.4) is 0 Å². The zero-order valence-corrected chi connectivity index (χ0v) is 17.8. The van der Waals surface area contributed by atoms with Crippen LogP contribution < -0.4 is 0 Å². The highest BCUT2D eigenvalue weighted by atomic mass is 16.7. The molecule has 2 aliphatic rings. The van der Waals surface area contributed by atoms with E-state index in [4.69, 9.17) is 9.47 Å². The largest absolute Gasteiger partial charge is 0.459 e. The van der Waals surface area contributed by atoms with Crippen LogP contribution in [0.5, 0.6) is 0 Å². The van der Waals surface area contributed by atoms with Gasteiger partial charge in [0.25, 0.3) is 5.91 Å². The van der Waals surface area contributed by atoms with Crippen LogP contribution in [0.25, 0.3) is 0 Å². The molecule has 0 saturated heterocycles. The number of likely N-dealkylation sites (N-methyl/N-ethyl adjacent to an activating group) is 1. The van der Waals surface area contributed by atoms with Gasteiger partial charge < -0.3 is 19.5 Å². The number of nitrogens with zero attached hydrogens (tertiary/aromatic N) is 1. The molecule has 0 radical (unpaired) electrons. The molecule has 1 saturated carbocycles. The second-order valence-corrected chi connectivity index (χ2v) is 8.15. The molecular weight excluding hydrogens is 366 g/mol. The number of benzene rings is 1. The fourth-order valence-corrected chi connectivity index (χ4v) is 4.62. The minimum atomic E-state index is -0.486. The van der Waals surface area contributed by atoms with E-state index in [1.165, 1.54) is 19.3 Å². The number of amides is 1. The van der Waals surface area contributed by atoms with Gasteiger partial charge in [0.1, 0.15) is 0 Å². The van der Waals surface area contributed by atoms with Crippen LogP contribution in [-0.4, -0.2) is 48.5 Å². The summed E-state index contributed by atoms with van der Waals surface area (Å²) in [6, 6.07) is 10.5. The van der Waals surface area contributed by atoms with Crippen molar-refractivity contribution in [3.05, 3.63) is 47.7 Å². The fraction of sp³-hybridized carbons (Fsp3) is 0.625. The van der Waals surface area contributed by atoms with Crippen molar-refractivity contribution >= 4 is 5.91 Å². The molecule has 1 fully saturated rings. The van der Waals surface area contributed by atoms with Gasteiger partial charge in [-0.2, -0.15) is 0 Å². The number of ether oxygens (including phenoxy) is 2. The van der Waals surface area contributed by atoms with Gasteiger partial charge in [-0.05, 0) is 44.2 Å². The summed E-state index contributed by atoms with van der Waals surface area (Å²) < 4.78 is 12.1. The van der Waals surface area contributed by atoms with E-state index in [0.717, 1.165) is 24.8 Å². The molecule has 3 atom stereocenters. The summed E-state index contributed by atoms with van der Waals surface area (Å²) >= 11 is 0. The second kappa shape index (κ2) is 10.8. The SMILES string of the molecule is CCO[C@H]1OC(C(=O)N(C)C2CCCCC2)=C[C@@H](c2ccccc2)[C@H]1CCCO. The van der Waals surface area contributed by atoms with Crippen molar-refractivity contribution in [1.82, 2.24) is 4.90 Å². The molecule has 1 amide bonds. The Morgan fingerprint density at radius 3 is 2.59 bits per heavy atom. The lowest BCUT2D eigenvalue weighted by Crippen LogP contribution is -2.43. The molecule has 0 aromatic heterocycles. The Balaban J connectivity index is 1.88. The Hall–Kier alpha value is -1.85. The lowest BCUT2D eigenvalue weighted by Gasteiger charge is -2.39. The summed E-state index contributed by atoms with van der Waals surface area (Å²) in [6.07, 6.45) is 8.69. The predicted molar refractivity (Wildman–Crippen MR) is 113 cm³/mol. The first-order valence-corrected chi connectivity index (χ1v) is 11.1. The van der Waals surface area contributed by atoms with E-state index in [9.17, 15) is 9.90 Å². The minimum Gasteiger partial charge on any atom is -0.459 e. The van der Waals surface area contributed by atoms with Crippen LogP contribution in [0, 0.1) is 5.92 Å². The Kier molecular flexibility index (Phi) is 8.13. The normalized spacial score (nSPS) is 25.2. The summed E-state index contributed by atoms with van der Waals surface area (Å²) in [5.74, 6) is 0.418. The average Bonchev–Trinajstić information content (AvgIpc) is 2.78. The van der Waals surface area contributed by atoms with Gasteiger partial charge in [-0.3, -0.25) is 4.79 Å². The number of aliphatic hydroxyl groups excluding tert-OH is 1. The topological polar surface area (TPSA) is 59.0 Å². The molecule has 1 aliphatic heterocycles. The molecule has 1 aromatic carbocycles. The lowest BCUT2D eigenvalue weighted by molar-refractivity contribution is -0.170. The van der Waals surface area contributed by atoms with Gasteiger partial charge in [-0.15, -0.1) is 0 Å². The zero-order valence-electron chi connectivity index (χ0n) is 17.8. The van der Waals surface area contributed by atoms with Crippen LogP contribution in [0.2, 0.25) is 0 Å². The Morgan fingerprint density at radius 2 is 1.93 bits per heavy atom. The smallest absolute Gasteiger partial charge is 0.288 e. The standard InChI is InChI=1S/C24H35NO4/c1-3-28-24-20(15-10-16-26)21(18-11-6-4-7-12-18)17-22(29-24)23(27)25(2)19-13-8-5-9-14-19/h4,6-7,11-12,17,19-21,24,26H,3,5,8-10,13-16H2,1-2H3/t20-,21+,24+/m1/s1. The van der Waals surface area contributed by atoms with Crippen molar-refractivity contribution in [2.45, 2.75) is 70.1 Å². The van der Waals surface area contributed by atoms with Gasteiger partial charge in [0.05, 0.1) is 0 Å². The maximum absolute atomic E-state index is 13.3. The molecule has 5 heteroatoms. The monoisotopic (exact) mass is 401 g/mol. The van der Waals surface area contributed by atoms with Crippen LogP contribution >= 0.6 is 0 Å². The predicted octanol–water partition coefficient (Wildman–Crippen LogP) is 4.23. The fourth-order valence-electron chi connectivity index (χ4n) is 4.62. The van der Waals surface area contributed by atoms with Crippen molar-refractivity contribution in [2.75, 3.05) is 20.3 Å². The molecule has 160 valence electrons. The molecule has 1 aromatic rings. The van der Waals surface area contributed by atoms with Gasteiger partial charge in [0.2, 0.25) is 6.29 Å². The number of carbonyl (C=O) groups excluding carboxylic acids is 1. The molecule has 1 aliphatic carbocycles. The molecular formula is C24H35NO4. The van der Waals surface area contributed by atoms with E-state index in [2.05, 4.69) is 12.1 Å². The van der Waals surface area contributed by atoms with E-state index in [-0.39, 0.29) is 30.4 Å². The van der Waals surface area contributed by atoms with E-state index in [1.54, 1.807) is 0 Å². The third-order valence-electron chi connectivity index (χ3n) is 6.25. The maximum atomic E-state index is 13.3. The summed E-state index contributed by atoms with van der Waals surface area (Å²) in [5, 5.41) is 9.37. The van der Waals surface area contributed by atoms with E-state index in [1.807, 2.05) is 43.1 Å².